The monoisotopic (exact) mass is 266 g/mol. The van der Waals surface area contributed by atoms with E-state index in [1.54, 1.807) is 0 Å². The van der Waals surface area contributed by atoms with Crippen LogP contribution in [-0.4, -0.2) is 0 Å². The Morgan fingerprint density at radius 3 is 1.05 bits per heavy atom. The molecule has 0 aliphatic rings. The van der Waals surface area contributed by atoms with Crippen molar-refractivity contribution in [1.82, 2.24) is 0 Å². The summed E-state index contributed by atoms with van der Waals surface area (Å²) in [5, 5.41) is 0. The lowest BCUT2D eigenvalue weighted by molar-refractivity contribution is 0.874. The van der Waals surface area contributed by atoms with Crippen molar-refractivity contribution in [2.24, 2.45) is 0 Å². The molecule has 0 heterocycles. The second-order valence-electron chi connectivity index (χ2n) is 6.35. The highest BCUT2D eigenvalue weighted by atomic mass is 14.2. The Kier molecular flexibility index (Phi) is 4.04. The Morgan fingerprint density at radius 2 is 0.800 bits per heavy atom. The fraction of sp³-hybridized carbons (Fsp3) is 0.400. The fourth-order valence-electron chi connectivity index (χ4n) is 3.89. The van der Waals surface area contributed by atoms with Crippen molar-refractivity contribution in [3.8, 4) is 0 Å². The normalized spacial score (nSPS) is 11.2. The Labute approximate surface area is 123 Å². The highest BCUT2D eigenvalue weighted by Crippen LogP contribution is 2.34. The van der Waals surface area contributed by atoms with Gasteiger partial charge < -0.3 is 0 Å². The standard InChI is InChI=1S/C20H26/c1-12-8-14(3)19(15(4)9-12)18(7)20-16(5)10-13(2)11-17(20)6/h8-11,18H,1-7H3. The van der Waals surface area contributed by atoms with Crippen LogP contribution in [0.2, 0.25) is 0 Å². The summed E-state index contributed by atoms with van der Waals surface area (Å²) in [4.78, 5) is 0. The van der Waals surface area contributed by atoms with E-state index in [9.17, 15) is 0 Å². The average Bonchev–Trinajstić information content (AvgIpc) is 2.25. The molecule has 0 heteroatoms. The number of aryl methyl sites for hydroxylation is 6. The van der Waals surface area contributed by atoms with Crippen molar-refractivity contribution in [3.05, 3.63) is 68.8 Å². The highest BCUT2D eigenvalue weighted by Gasteiger charge is 2.17. The van der Waals surface area contributed by atoms with E-state index in [0.29, 0.717) is 5.92 Å². The molecule has 0 bridgehead atoms. The van der Waals surface area contributed by atoms with E-state index in [-0.39, 0.29) is 0 Å². The Hall–Kier alpha value is -1.56. The number of hydrogen-bond donors (Lipinski definition) is 0. The van der Waals surface area contributed by atoms with Gasteiger partial charge in [-0.2, -0.15) is 0 Å². The summed E-state index contributed by atoms with van der Waals surface area (Å²) in [6, 6.07) is 9.21. The van der Waals surface area contributed by atoms with E-state index in [0.717, 1.165) is 0 Å². The van der Waals surface area contributed by atoms with Gasteiger partial charge in [-0.3, -0.25) is 0 Å². The molecule has 0 atom stereocenters. The molecule has 2 aromatic rings. The van der Waals surface area contributed by atoms with Crippen LogP contribution in [-0.2, 0) is 0 Å². The van der Waals surface area contributed by atoms with Gasteiger partial charge in [0.05, 0.1) is 0 Å². The smallest absolute Gasteiger partial charge is 0.00714 e. The van der Waals surface area contributed by atoms with E-state index in [2.05, 4.69) is 72.7 Å². The molecule has 20 heavy (non-hydrogen) atoms. The maximum absolute atomic E-state index is 2.34. The lowest BCUT2D eigenvalue weighted by atomic mass is 9.82. The van der Waals surface area contributed by atoms with Crippen LogP contribution in [0.3, 0.4) is 0 Å². The molecule has 0 unspecified atom stereocenters. The molecule has 0 N–H and O–H groups in total. The summed E-state index contributed by atoms with van der Waals surface area (Å²) >= 11 is 0. The third-order valence-corrected chi connectivity index (χ3v) is 4.34. The Morgan fingerprint density at radius 1 is 0.550 bits per heavy atom. The van der Waals surface area contributed by atoms with Gasteiger partial charge in [-0.05, 0) is 74.9 Å². The van der Waals surface area contributed by atoms with Crippen molar-refractivity contribution in [2.75, 3.05) is 0 Å². The minimum absolute atomic E-state index is 0.455. The Balaban J connectivity index is 2.61. The number of rotatable bonds is 2. The van der Waals surface area contributed by atoms with Gasteiger partial charge in [0, 0.05) is 5.92 Å². The van der Waals surface area contributed by atoms with Crippen LogP contribution in [0.1, 0.15) is 57.3 Å². The molecule has 0 fully saturated rings. The van der Waals surface area contributed by atoms with Gasteiger partial charge in [0.2, 0.25) is 0 Å². The maximum Gasteiger partial charge on any atom is 0.00714 e. The summed E-state index contributed by atoms with van der Waals surface area (Å²) in [5.74, 6) is 0.455. The van der Waals surface area contributed by atoms with Gasteiger partial charge in [0.1, 0.15) is 0 Å². The largest absolute Gasteiger partial charge is 0.0561 e. The third kappa shape index (κ3) is 2.65. The summed E-state index contributed by atoms with van der Waals surface area (Å²) in [7, 11) is 0. The topological polar surface area (TPSA) is 0 Å². The van der Waals surface area contributed by atoms with Crippen molar-refractivity contribution >= 4 is 0 Å². The predicted octanol–water partition coefficient (Wildman–Crippen LogP) is 5.69. The second kappa shape index (κ2) is 5.44. The maximum atomic E-state index is 2.34. The minimum Gasteiger partial charge on any atom is -0.0561 e. The zero-order valence-corrected chi connectivity index (χ0v) is 13.9. The quantitative estimate of drug-likeness (QED) is 0.655. The average molecular weight is 266 g/mol. The van der Waals surface area contributed by atoms with E-state index in [4.69, 9.17) is 0 Å². The molecule has 0 radical (unpaired) electrons. The first-order valence-corrected chi connectivity index (χ1v) is 7.46. The summed E-state index contributed by atoms with van der Waals surface area (Å²) < 4.78 is 0. The van der Waals surface area contributed by atoms with Crippen LogP contribution in [0.15, 0.2) is 24.3 Å². The van der Waals surface area contributed by atoms with Crippen molar-refractivity contribution < 1.29 is 0 Å². The molecule has 2 rings (SSSR count). The van der Waals surface area contributed by atoms with Crippen LogP contribution in [0.4, 0.5) is 0 Å². The Bertz CT molecular complexity index is 544. The lowest BCUT2D eigenvalue weighted by Gasteiger charge is -2.23. The van der Waals surface area contributed by atoms with Crippen LogP contribution in [0.25, 0.3) is 0 Å². The number of hydrogen-bond acceptors (Lipinski definition) is 0. The SMILES string of the molecule is Cc1cc(C)c(C(C)c2c(C)cc(C)cc2C)c(C)c1. The van der Waals surface area contributed by atoms with Crippen LogP contribution in [0.5, 0.6) is 0 Å². The summed E-state index contributed by atoms with van der Waals surface area (Å²) in [6.07, 6.45) is 0. The molecule has 0 nitrogen and oxygen atoms in total. The van der Waals surface area contributed by atoms with Crippen molar-refractivity contribution in [3.63, 3.8) is 0 Å². The number of benzene rings is 2. The van der Waals surface area contributed by atoms with Crippen molar-refractivity contribution in [1.29, 1.82) is 0 Å². The molecule has 0 spiro atoms. The van der Waals surface area contributed by atoms with E-state index in [1.807, 2.05) is 0 Å². The lowest BCUT2D eigenvalue weighted by Crippen LogP contribution is -2.06. The molecule has 106 valence electrons. The van der Waals surface area contributed by atoms with Crippen molar-refractivity contribution in [2.45, 2.75) is 54.4 Å². The molecule has 2 aromatic carbocycles. The van der Waals surface area contributed by atoms with Gasteiger partial charge in [0.25, 0.3) is 0 Å². The summed E-state index contributed by atoms with van der Waals surface area (Å²) in [6.45, 7) is 15.7. The predicted molar refractivity (Wildman–Crippen MR) is 88.8 cm³/mol. The molecule has 0 amide bonds. The van der Waals surface area contributed by atoms with Gasteiger partial charge in [-0.1, -0.05) is 42.3 Å². The van der Waals surface area contributed by atoms with Gasteiger partial charge in [-0.25, -0.2) is 0 Å². The fourth-order valence-corrected chi connectivity index (χ4v) is 3.89. The molecule has 0 saturated carbocycles. The molecule has 0 aliphatic heterocycles. The summed E-state index contributed by atoms with van der Waals surface area (Å²) in [5.41, 5.74) is 11.3. The second-order valence-corrected chi connectivity index (χ2v) is 6.35. The van der Waals surface area contributed by atoms with Crippen LogP contribution >= 0.6 is 0 Å². The first-order valence-electron chi connectivity index (χ1n) is 7.46. The minimum atomic E-state index is 0.455. The molecular weight excluding hydrogens is 240 g/mol. The third-order valence-electron chi connectivity index (χ3n) is 4.34. The van der Waals surface area contributed by atoms with Gasteiger partial charge in [-0.15, -0.1) is 0 Å². The zero-order valence-electron chi connectivity index (χ0n) is 13.9. The van der Waals surface area contributed by atoms with Crippen LogP contribution in [0, 0.1) is 41.5 Å². The first-order chi connectivity index (χ1) is 9.31. The molecule has 0 aromatic heterocycles. The molecular formula is C20H26. The molecule has 0 saturated heterocycles. The van der Waals surface area contributed by atoms with E-state index in [1.165, 1.54) is 44.5 Å². The highest BCUT2D eigenvalue weighted by molar-refractivity contribution is 5.49. The van der Waals surface area contributed by atoms with E-state index >= 15 is 0 Å². The van der Waals surface area contributed by atoms with Gasteiger partial charge >= 0.3 is 0 Å². The van der Waals surface area contributed by atoms with Crippen LogP contribution < -0.4 is 0 Å². The zero-order chi connectivity index (χ0) is 15.0. The van der Waals surface area contributed by atoms with Gasteiger partial charge in [0.15, 0.2) is 0 Å². The first kappa shape index (κ1) is 14.8. The van der Waals surface area contributed by atoms with E-state index < -0.39 is 0 Å². The molecule has 0 aliphatic carbocycles.